The van der Waals surface area contributed by atoms with Crippen LogP contribution >= 0.6 is 0 Å². The summed E-state index contributed by atoms with van der Waals surface area (Å²) in [7, 11) is 0. The summed E-state index contributed by atoms with van der Waals surface area (Å²) >= 11 is 0. The first-order valence-corrected chi connectivity index (χ1v) is 2.15. The molecule has 0 aromatic carbocycles. The van der Waals surface area contributed by atoms with E-state index in [0.29, 0.717) is 0 Å². The van der Waals surface area contributed by atoms with Crippen LogP contribution in [0.2, 0.25) is 0 Å². The van der Waals surface area contributed by atoms with Crippen LogP contribution in [0.25, 0.3) is 0 Å². The standard InChI is InChI=1S/C3H7.C2H6.CH3.Y/c1-3-2;1-2;;/h3H,1-2H3;1-2H3;1H3;/q-1;;-1;. The van der Waals surface area contributed by atoms with E-state index in [1.165, 1.54) is 0 Å². The quantitative estimate of drug-likeness (QED) is 0.499. The van der Waals surface area contributed by atoms with Crippen molar-refractivity contribution in [3.8, 4) is 0 Å². The molecule has 0 heterocycles. The van der Waals surface area contributed by atoms with E-state index < -0.39 is 0 Å². The van der Waals surface area contributed by atoms with Crippen LogP contribution in [0.5, 0.6) is 0 Å². The van der Waals surface area contributed by atoms with E-state index >= 15 is 0 Å². The molecule has 1 radical (unpaired) electrons. The minimum atomic E-state index is 0. The van der Waals surface area contributed by atoms with Gasteiger partial charge in [-0.3, -0.25) is 0 Å². The van der Waals surface area contributed by atoms with Crippen LogP contribution < -0.4 is 0 Å². The molecule has 0 rings (SSSR count). The second-order valence-electron chi connectivity index (χ2n) is 0.577. The molecule has 0 aliphatic rings. The van der Waals surface area contributed by atoms with Crippen molar-refractivity contribution in [1.82, 2.24) is 0 Å². The molecule has 0 atom stereocenters. The van der Waals surface area contributed by atoms with Crippen LogP contribution in [0.15, 0.2) is 0 Å². The smallest absolute Gasteiger partial charge is 0 e. The molecule has 0 spiro atoms. The average molecular weight is 177 g/mol. The Bertz CT molecular complexity index is 4.14. The van der Waals surface area contributed by atoms with Crippen molar-refractivity contribution in [2.45, 2.75) is 27.7 Å². The van der Waals surface area contributed by atoms with Crippen molar-refractivity contribution < 1.29 is 32.7 Å². The van der Waals surface area contributed by atoms with Crippen LogP contribution in [0.4, 0.5) is 0 Å². The summed E-state index contributed by atoms with van der Waals surface area (Å²) < 4.78 is 0. The summed E-state index contributed by atoms with van der Waals surface area (Å²) in [6, 6.07) is 0. The Hall–Kier alpha value is 1.10. The third-order valence-corrected chi connectivity index (χ3v) is 0. The van der Waals surface area contributed by atoms with Gasteiger partial charge in [-0.15, -0.1) is 0 Å². The zero-order valence-electron chi connectivity index (χ0n) is 6.15. The molecule has 1 heteroatoms. The molecular formula is C6H16Y-2. The minimum Gasteiger partial charge on any atom is -0.358 e. The summed E-state index contributed by atoms with van der Waals surface area (Å²) in [6.07, 6.45) is 2.00. The van der Waals surface area contributed by atoms with Crippen LogP contribution in [0.3, 0.4) is 0 Å². The van der Waals surface area contributed by atoms with Gasteiger partial charge in [-0.05, 0) is 0 Å². The van der Waals surface area contributed by atoms with Crippen molar-refractivity contribution >= 4 is 0 Å². The number of hydrogen-bond donors (Lipinski definition) is 0. The van der Waals surface area contributed by atoms with Gasteiger partial charge in [0.15, 0.2) is 0 Å². The SMILES string of the molecule is CC.C[CH-]C.[CH3-].[Y]. The maximum atomic E-state index is 2.00. The molecule has 0 bridgehead atoms. The topological polar surface area (TPSA) is 0 Å². The normalized spacial score (nSPS) is 3.43. The third-order valence-electron chi connectivity index (χ3n) is 0. The first-order chi connectivity index (χ1) is 2.41. The van der Waals surface area contributed by atoms with Crippen LogP contribution in [-0.2, 0) is 32.7 Å². The number of hydrogen-bond acceptors (Lipinski definition) is 0. The summed E-state index contributed by atoms with van der Waals surface area (Å²) in [5.74, 6) is 0. The predicted molar refractivity (Wildman–Crippen MR) is 33.4 cm³/mol. The van der Waals surface area contributed by atoms with Gasteiger partial charge >= 0.3 is 0 Å². The predicted octanol–water partition coefficient (Wildman–Crippen LogP) is 2.70. The van der Waals surface area contributed by atoms with Gasteiger partial charge in [0.05, 0.1) is 0 Å². The minimum absolute atomic E-state index is 0. The first kappa shape index (κ1) is 24.3. The van der Waals surface area contributed by atoms with Gasteiger partial charge < -0.3 is 13.8 Å². The van der Waals surface area contributed by atoms with Gasteiger partial charge in [-0.2, -0.15) is 13.8 Å². The maximum Gasteiger partial charge on any atom is 0 e. The maximum absolute atomic E-state index is 2.00. The van der Waals surface area contributed by atoms with E-state index in [1.807, 2.05) is 34.1 Å². The van der Waals surface area contributed by atoms with Crippen molar-refractivity contribution in [1.29, 1.82) is 0 Å². The molecule has 7 heavy (non-hydrogen) atoms. The molecule has 0 aromatic heterocycles. The summed E-state index contributed by atoms with van der Waals surface area (Å²) in [5.41, 5.74) is 0. The van der Waals surface area contributed by atoms with Gasteiger partial charge in [0.25, 0.3) is 0 Å². The van der Waals surface area contributed by atoms with Crippen molar-refractivity contribution in [3.05, 3.63) is 13.8 Å². The van der Waals surface area contributed by atoms with Gasteiger partial charge in [0, 0.05) is 32.7 Å². The monoisotopic (exact) mass is 177 g/mol. The summed E-state index contributed by atoms with van der Waals surface area (Å²) in [6.45, 7) is 8.00. The van der Waals surface area contributed by atoms with Crippen molar-refractivity contribution in [2.24, 2.45) is 0 Å². The average Bonchev–Trinajstić information content (AvgIpc) is 1.46. The zero-order valence-corrected chi connectivity index (χ0v) is 8.99. The summed E-state index contributed by atoms with van der Waals surface area (Å²) in [4.78, 5) is 0. The largest absolute Gasteiger partial charge is 0.358 e. The Morgan fingerprint density at radius 2 is 1.00 bits per heavy atom. The Labute approximate surface area is 74.0 Å². The van der Waals surface area contributed by atoms with E-state index in [0.717, 1.165) is 0 Å². The van der Waals surface area contributed by atoms with Crippen molar-refractivity contribution in [2.75, 3.05) is 0 Å². The summed E-state index contributed by atoms with van der Waals surface area (Å²) in [5, 5.41) is 0. The van der Waals surface area contributed by atoms with E-state index in [2.05, 4.69) is 0 Å². The third kappa shape index (κ3) is 152. The molecule has 0 N–H and O–H groups in total. The zero-order chi connectivity index (χ0) is 4.71. The Kier molecular flexibility index (Phi) is 207. The Morgan fingerprint density at radius 1 is 1.00 bits per heavy atom. The van der Waals surface area contributed by atoms with E-state index in [1.54, 1.807) is 0 Å². The molecule has 0 fully saturated rings. The molecule has 0 amide bonds. The van der Waals surface area contributed by atoms with Gasteiger partial charge in [-0.25, -0.2) is 0 Å². The Balaban J connectivity index is -0.0000000105. The second kappa shape index (κ2) is 59.8. The fourth-order valence-corrected chi connectivity index (χ4v) is 0. The first-order valence-electron chi connectivity index (χ1n) is 2.15. The molecule has 0 aliphatic heterocycles. The van der Waals surface area contributed by atoms with Crippen LogP contribution in [0.1, 0.15) is 27.7 Å². The fraction of sp³-hybridized carbons (Fsp3) is 0.667. The molecule has 0 nitrogen and oxygen atoms in total. The second-order valence-corrected chi connectivity index (χ2v) is 0.577. The van der Waals surface area contributed by atoms with E-state index in [9.17, 15) is 0 Å². The molecule has 0 saturated carbocycles. The molecule has 0 aliphatic carbocycles. The molecular weight excluding hydrogens is 161 g/mol. The molecule has 0 saturated heterocycles. The van der Waals surface area contributed by atoms with Crippen LogP contribution in [0, 0.1) is 13.8 Å². The van der Waals surface area contributed by atoms with E-state index in [4.69, 9.17) is 0 Å². The van der Waals surface area contributed by atoms with E-state index in [-0.39, 0.29) is 40.1 Å². The van der Waals surface area contributed by atoms with Gasteiger partial charge in [-0.1, -0.05) is 13.8 Å². The molecule has 0 aromatic rings. The Morgan fingerprint density at radius 3 is 1.00 bits per heavy atom. The number of rotatable bonds is 0. The van der Waals surface area contributed by atoms with Crippen LogP contribution in [-0.4, -0.2) is 0 Å². The van der Waals surface area contributed by atoms with Crippen molar-refractivity contribution in [3.63, 3.8) is 0 Å². The van der Waals surface area contributed by atoms with Gasteiger partial charge in [0.2, 0.25) is 0 Å². The molecule has 0 unspecified atom stereocenters. The molecule has 45 valence electrons. The fourth-order valence-electron chi connectivity index (χ4n) is 0. The van der Waals surface area contributed by atoms with Gasteiger partial charge in [0.1, 0.15) is 0 Å².